The summed E-state index contributed by atoms with van der Waals surface area (Å²) in [6, 6.07) is 20.2. The van der Waals surface area contributed by atoms with Gasteiger partial charge in [0.1, 0.15) is 21.2 Å². The molecule has 63 heavy (non-hydrogen) atoms. The Balaban J connectivity index is 1.12. The van der Waals surface area contributed by atoms with Gasteiger partial charge in [0, 0.05) is 5.56 Å². The largest absolute Gasteiger partial charge is 0.397 e. The first-order valence-electron chi connectivity index (χ1n) is 17.6. The molecular formula is C38H29N7O14S4. The van der Waals surface area contributed by atoms with Crippen molar-refractivity contribution in [1.82, 2.24) is 0 Å². The van der Waals surface area contributed by atoms with Crippen LogP contribution >= 0.6 is 0 Å². The van der Waals surface area contributed by atoms with Crippen LogP contribution in [0.1, 0.15) is 11.1 Å². The van der Waals surface area contributed by atoms with Crippen molar-refractivity contribution >= 4 is 86.6 Å². The van der Waals surface area contributed by atoms with Crippen LogP contribution in [0.4, 0.5) is 17.1 Å². The van der Waals surface area contributed by atoms with Crippen LogP contribution in [0.3, 0.4) is 0 Å². The number of carbonyl (C=O) groups excluding carboxylic acids is 2. The fraction of sp³-hybridized carbons (Fsp3) is 0.0526. The van der Waals surface area contributed by atoms with Crippen molar-refractivity contribution in [2.75, 3.05) is 10.9 Å². The summed E-state index contributed by atoms with van der Waals surface area (Å²) in [6.45, 7) is 0. The van der Waals surface area contributed by atoms with E-state index in [9.17, 15) is 61.5 Å². The van der Waals surface area contributed by atoms with E-state index in [0.29, 0.717) is 22.9 Å². The van der Waals surface area contributed by atoms with Crippen LogP contribution in [0.15, 0.2) is 161 Å². The Morgan fingerprint density at radius 2 is 1.25 bits per heavy atom. The third-order valence-corrected chi connectivity index (χ3v) is 13.1. The zero-order chi connectivity index (χ0) is 45.6. The van der Waals surface area contributed by atoms with Crippen molar-refractivity contribution < 1.29 is 61.5 Å². The Hall–Kier alpha value is -6.84. The molecule has 0 amide bonds. The zero-order valence-electron chi connectivity index (χ0n) is 31.5. The number of anilines is 2. The summed E-state index contributed by atoms with van der Waals surface area (Å²) >= 11 is 0. The number of hydrazone groups is 2. The van der Waals surface area contributed by atoms with E-state index in [1.807, 2.05) is 0 Å². The molecule has 7 rings (SSSR count). The number of ketones is 2. The first-order chi connectivity index (χ1) is 29.5. The van der Waals surface area contributed by atoms with Gasteiger partial charge in [-0.1, -0.05) is 48.5 Å². The average Bonchev–Trinajstić information content (AvgIpc) is 3.21. The molecule has 0 spiro atoms. The topological polar surface area (TPSA) is 351 Å². The fourth-order valence-electron chi connectivity index (χ4n) is 6.50. The minimum atomic E-state index is -5.12. The maximum atomic E-state index is 13.8. The predicted molar refractivity (Wildman–Crippen MR) is 227 cm³/mol. The molecule has 0 bridgehead atoms. The minimum Gasteiger partial charge on any atom is -0.397 e. The van der Waals surface area contributed by atoms with E-state index >= 15 is 0 Å². The number of fused-ring (bicyclic) bond motifs is 2. The van der Waals surface area contributed by atoms with Gasteiger partial charge < -0.3 is 5.73 Å². The smallest absolute Gasteiger partial charge is 0.295 e. The molecule has 0 radical (unpaired) electrons. The van der Waals surface area contributed by atoms with E-state index in [1.54, 1.807) is 66.7 Å². The molecule has 0 saturated carbocycles. The molecule has 2 atom stereocenters. The van der Waals surface area contributed by atoms with Crippen molar-refractivity contribution in [2.45, 2.75) is 21.1 Å². The summed E-state index contributed by atoms with van der Waals surface area (Å²) in [5, 5.41) is 13.9. The number of allylic oxidation sites excluding steroid dienone is 4. The molecule has 0 aromatic heterocycles. The second-order valence-electron chi connectivity index (χ2n) is 13.6. The molecule has 2 unspecified atom stereocenters. The summed E-state index contributed by atoms with van der Waals surface area (Å²) in [6.07, 6.45) is 3.77. The molecule has 0 heterocycles. The Kier molecular flexibility index (Phi) is 11.6. The number of carbonyl (C=O) groups is 2. The van der Waals surface area contributed by atoms with Crippen LogP contribution in [0, 0.1) is 0 Å². The van der Waals surface area contributed by atoms with Crippen molar-refractivity contribution in [3.05, 3.63) is 142 Å². The third-order valence-electron chi connectivity index (χ3n) is 9.43. The second kappa shape index (κ2) is 16.5. The van der Waals surface area contributed by atoms with E-state index in [1.165, 1.54) is 12.1 Å². The van der Waals surface area contributed by atoms with Gasteiger partial charge in [0.25, 0.3) is 40.5 Å². The molecule has 21 nitrogen and oxygen atoms in total. The second-order valence-corrected chi connectivity index (χ2v) is 19.3. The highest BCUT2D eigenvalue weighted by Gasteiger charge is 2.44. The summed E-state index contributed by atoms with van der Waals surface area (Å²) in [4.78, 5) is 23.8. The molecule has 0 fully saturated rings. The summed E-state index contributed by atoms with van der Waals surface area (Å²) in [5.41, 5.74) is 10.9. The van der Waals surface area contributed by atoms with E-state index in [4.69, 9.17) is 5.73 Å². The van der Waals surface area contributed by atoms with Crippen LogP contribution in [0.25, 0.3) is 17.2 Å². The van der Waals surface area contributed by atoms with Crippen molar-refractivity contribution in [1.29, 1.82) is 0 Å². The van der Waals surface area contributed by atoms with Crippen LogP contribution < -0.4 is 16.6 Å². The van der Waals surface area contributed by atoms with Gasteiger partial charge in [-0.25, -0.2) is 0 Å². The SMILES string of the molecule is NC1=C2C(=O)C(N=Nc3ccccc3)C(S(=O)(=O)O)=CC2=CC(S(=O)(=O)O)/C1=N/Nc1ccc(-c2ccc(N/N=C3\C(=O)C=Cc4cc(S(=O)(=O)O)cc(S(=O)(=O)O)c43)cc2)cc1. The lowest BCUT2D eigenvalue weighted by Gasteiger charge is -2.28. The van der Waals surface area contributed by atoms with Gasteiger partial charge in [-0.15, -0.1) is 0 Å². The number of hydrogen-bond donors (Lipinski definition) is 7. The molecular weight excluding hydrogens is 907 g/mol. The van der Waals surface area contributed by atoms with Crippen LogP contribution in [-0.2, 0) is 50.1 Å². The summed E-state index contributed by atoms with van der Waals surface area (Å²) < 4.78 is 137. The highest BCUT2D eigenvalue weighted by Crippen LogP contribution is 2.37. The number of Topliss-reactive ketones (excluding diaryl/α,β-unsaturated/α-hetero) is 1. The molecule has 324 valence electrons. The Labute approximate surface area is 357 Å². The molecule has 3 aliphatic carbocycles. The van der Waals surface area contributed by atoms with Gasteiger partial charge in [-0.05, 0) is 89.0 Å². The highest BCUT2D eigenvalue weighted by atomic mass is 32.2. The number of nitrogens with one attached hydrogen (secondary N) is 2. The predicted octanol–water partition coefficient (Wildman–Crippen LogP) is 3.94. The molecule has 3 aliphatic rings. The van der Waals surface area contributed by atoms with Crippen molar-refractivity contribution in [2.24, 2.45) is 26.2 Å². The standard InChI is InChI=1S/C38H29N7O14S4/c39-34-33-23(18-31(63(57,58)59)37(38(33)47)45-40-24-4-2-1-3-5-24)17-30(62(54,55)56)36(34)44-42-26-13-8-21(9-14-26)20-6-11-25(12-7-20)41-43-35-28(46)15-10-22-16-27(60(48,49)50)19-29(32(22)35)61(51,52)53/h1-19,30,37,41-42H,39H2,(H,48,49,50)(H,51,52,53)(H,54,55,56)(H,57,58,59)/b43-35+,44-36-,45-40?. The third kappa shape index (κ3) is 9.34. The quantitative estimate of drug-likeness (QED) is 0.0636. The maximum absolute atomic E-state index is 13.8. The highest BCUT2D eigenvalue weighted by molar-refractivity contribution is 7.90. The molecule has 4 aromatic carbocycles. The van der Waals surface area contributed by atoms with Crippen LogP contribution in [-0.4, -0.2) is 86.2 Å². The summed E-state index contributed by atoms with van der Waals surface area (Å²) in [5.74, 6) is -1.84. The van der Waals surface area contributed by atoms with Crippen LogP contribution in [0.5, 0.6) is 0 Å². The normalized spacial score (nSPS) is 19.5. The number of benzene rings is 4. The molecule has 25 heteroatoms. The lowest BCUT2D eigenvalue weighted by Crippen LogP contribution is -2.41. The zero-order valence-corrected chi connectivity index (χ0v) is 34.8. The number of nitrogens with two attached hydrogens (primary N) is 1. The Morgan fingerprint density at radius 1 is 0.667 bits per heavy atom. The molecule has 4 aromatic rings. The minimum absolute atomic E-state index is 0.133. The van der Waals surface area contributed by atoms with Gasteiger partial charge in [0.05, 0.1) is 33.2 Å². The van der Waals surface area contributed by atoms with Crippen molar-refractivity contribution in [3.63, 3.8) is 0 Å². The van der Waals surface area contributed by atoms with E-state index < -0.39 is 101 Å². The van der Waals surface area contributed by atoms with Gasteiger partial charge in [-0.2, -0.15) is 54.1 Å². The molecule has 0 saturated heterocycles. The van der Waals surface area contributed by atoms with Crippen molar-refractivity contribution in [3.8, 4) is 11.1 Å². The number of rotatable bonds is 11. The first kappa shape index (κ1) is 44.2. The van der Waals surface area contributed by atoms with Gasteiger partial charge >= 0.3 is 0 Å². The average molecular weight is 936 g/mol. The van der Waals surface area contributed by atoms with Crippen LogP contribution in [0.2, 0.25) is 0 Å². The van der Waals surface area contributed by atoms with Gasteiger partial charge in [0.15, 0.2) is 17.1 Å². The van der Waals surface area contributed by atoms with E-state index in [0.717, 1.165) is 30.4 Å². The maximum Gasteiger partial charge on any atom is 0.295 e. The fourth-order valence-corrected chi connectivity index (χ4v) is 9.35. The van der Waals surface area contributed by atoms with Gasteiger partial charge in [-0.3, -0.25) is 38.7 Å². The first-order valence-corrected chi connectivity index (χ1v) is 23.4. The lowest BCUT2D eigenvalue weighted by atomic mass is 9.84. The lowest BCUT2D eigenvalue weighted by molar-refractivity contribution is -0.116. The number of nitrogens with zero attached hydrogens (tertiary/aromatic N) is 4. The number of hydrogen-bond acceptors (Lipinski definition) is 17. The van der Waals surface area contributed by atoms with E-state index in [2.05, 4.69) is 31.3 Å². The Bertz CT molecular complexity index is 3310. The number of azo groups is 1. The monoisotopic (exact) mass is 935 g/mol. The Morgan fingerprint density at radius 3 is 1.79 bits per heavy atom. The van der Waals surface area contributed by atoms with E-state index in [-0.39, 0.29) is 28.1 Å². The molecule has 8 N–H and O–H groups in total. The van der Waals surface area contributed by atoms with Gasteiger partial charge in [0.2, 0.25) is 5.78 Å². The molecule has 0 aliphatic heterocycles. The summed E-state index contributed by atoms with van der Waals surface area (Å²) in [7, 11) is -20.1.